The van der Waals surface area contributed by atoms with Crippen molar-refractivity contribution in [1.29, 1.82) is 0 Å². The minimum absolute atomic E-state index is 0.133. The third-order valence-corrected chi connectivity index (χ3v) is 5.95. The number of anilines is 1. The standard InChI is InChI=1S/C23H33ClN2O4S/c1-3-4-5-6-7-13-26(23(27)25-22-21(24)12-16-31-22)17-19-8-10-20(11-9-19)30-18-29-15-14-28-2/h8-12,16H,3-7,13-15,17-18H2,1-2H3,(H,25,27). The van der Waals surface area contributed by atoms with Crippen LogP contribution in [0.2, 0.25) is 5.02 Å². The first-order valence-corrected chi connectivity index (χ1v) is 12.0. The molecule has 0 fully saturated rings. The highest BCUT2D eigenvalue weighted by Gasteiger charge is 2.16. The molecule has 8 heteroatoms. The number of halogens is 1. The lowest BCUT2D eigenvalue weighted by Crippen LogP contribution is -2.35. The molecule has 6 nitrogen and oxygen atoms in total. The van der Waals surface area contributed by atoms with E-state index >= 15 is 0 Å². The van der Waals surface area contributed by atoms with Crippen LogP contribution in [0.3, 0.4) is 0 Å². The third-order valence-electron chi connectivity index (χ3n) is 4.69. The molecular formula is C23H33ClN2O4S. The Morgan fingerprint density at radius 1 is 1.10 bits per heavy atom. The summed E-state index contributed by atoms with van der Waals surface area (Å²) in [5.74, 6) is 0.724. The summed E-state index contributed by atoms with van der Waals surface area (Å²) in [5, 5.41) is 6.05. The highest BCUT2D eigenvalue weighted by atomic mass is 35.5. The number of urea groups is 1. The van der Waals surface area contributed by atoms with Gasteiger partial charge in [0.05, 0.1) is 18.2 Å². The number of hydrogen-bond donors (Lipinski definition) is 1. The summed E-state index contributed by atoms with van der Waals surface area (Å²) in [6.45, 7) is 4.62. The van der Waals surface area contributed by atoms with E-state index in [1.54, 1.807) is 13.2 Å². The van der Waals surface area contributed by atoms with Crippen molar-refractivity contribution in [3.05, 3.63) is 46.3 Å². The monoisotopic (exact) mass is 468 g/mol. The second kappa shape index (κ2) is 15.1. The Bertz CT molecular complexity index is 754. The van der Waals surface area contributed by atoms with Gasteiger partial charge in [0.1, 0.15) is 10.8 Å². The lowest BCUT2D eigenvalue weighted by molar-refractivity contribution is -0.00847. The number of methoxy groups -OCH3 is 1. The molecule has 31 heavy (non-hydrogen) atoms. The van der Waals surface area contributed by atoms with Gasteiger partial charge in [-0.3, -0.25) is 5.32 Å². The predicted molar refractivity (Wildman–Crippen MR) is 127 cm³/mol. The number of ether oxygens (including phenoxy) is 3. The van der Waals surface area contributed by atoms with E-state index in [-0.39, 0.29) is 12.8 Å². The SMILES string of the molecule is CCCCCCCN(Cc1ccc(OCOCCOC)cc1)C(=O)Nc1sccc1Cl. The fourth-order valence-electron chi connectivity index (χ4n) is 2.94. The van der Waals surface area contributed by atoms with Gasteiger partial charge in [-0.25, -0.2) is 4.79 Å². The number of thiophene rings is 1. The Morgan fingerprint density at radius 2 is 1.87 bits per heavy atom. The quantitative estimate of drug-likeness (QED) is 0.242. The minimum Gasteiger partial charge on any atom is -0.468 e. The summed E-state index contributed by atoms with van der Waals surface area (Å²) in [7, 11) is 1.63. The molecule has 1 heterocycles. The van der Waals surface area contributed by atoms with Gasteiger partial charge >= 0.3 is 6.03 Å². The summed E-state index contributed by atoms with van der Waals surface area (Å²) in [6, 6.07) is 9.38. The molecule has 1 aromatic heterocycles. The van der Waals surface area contributed by atoms with Crippen molar-refractivity contribution >= 4 is 34.0 Å². The molecule has 0 aliphatic heterocycles. The molecule has 2 amide bonds. The number of benzene rings is 1. The molecule has 1 N–H and O–H groups in total. The number of amides is 2. The lowest BCUT2D eigenvalue weighted by atomic mass is 10.1. The maximum Gasteiger partial charge on any atom is 0.322 e. The lowest BCUT2D eigenvalue weighted by Gasteiger charge is -2.23. The van der Waals surface area contributed by atoms with E-state index < -0.39 is 0 Å². The maximum absolute atomic E-state index is 12.9. The van der Waals surface area contributed by atoms with Crippen LogP contribution in [0.25, 0.3) is 0 Å². The molecular weight excluding hydrogens is 436 g/mol. The smallest absolute Gasteiger partial charge is 0.322 e. The highest BCUT2D eigenvalue weighted by Crippen LogP contribution is 2.28. The van der Waals surface area contributed by atoms with E-state index in [2.05, 4.69) is 12.2 Å². The van der Waals surface area contributed by atoms with E-state index in [0.717, 1.165) is 24.2 Å². The van der Waals surface area contributed by atoms with Crippen LogP contribution in [0.4, 0.5) is 9.80 Å². The molecule has 0 bridgehead atoms. The van der Waals surface area contributed by atoms with Gasteiger partial charge in [-0.2, -0.15) is 0 Å². The molecule has 0 saturated heterocycles. The van der Waals surface area contributed by atoms with Crippen LogP contribution in [0.5, 0.6) is 5.75 Å². The van der Waals surface area contributed by atoms with Gasteiger partial charge in [0.2, 0.25) is 0 Å². The molecule has 0 unspecified atom stereocenters. The van der Waals surface area contributed by atoms with Crippen LogP contribution in [-0.4, -0.2) is 44.6 Å². The number of nitrogens with one attached hydrogen (secondary N) is 1. The fourth-order valence-corrected chi connectivity index (χ4v) is 3.93. The Kier molecular flexibility index (Phi) is 12.4. The second-order valence-electron chi connectivity index (χ2n) is 7.17. The topological polar surface area (TPSA) is 60.0 Å². The van der Waals surface area contributed by atoms with Crippen molar-refractivity contribution in [2.24, 2.45) is 0 Å². The van der Waals surface area contributed by atoms with Gasteiger partial charge < -0.3 is 19.1 Å². The molecule has 0 aliphatic rings. The third kappa shape index (κ3) is 9.91. The number of carbonyl (C=O) groups excluding carboxylic acids is 1. The van der Waals surface area contributed by atoms with Crippen molar-refractivity contribution in [1.82, 2.24) is 4.90 Å². The Labute approximate surface area is 194 Å². The summed E-state index contributed by atoms with van der Waals surface area (Å²) >= 11 is 7.57. The zero-order valence-electron chi connectivity index (χ0n) is 18.4. The first-order valence-electron chi connectivity index (χ1n) is 10.7. The predicted octanol–water partition coefficient (Wildman–Crippen LogP) is 6.41. The van der Waals surface area contributed by atoms with E-state index in [9.17, 15) is 4.79 Å². The van der Waals surface area contributed by atoms with Crippen LogP contribution < -0.4 is 10.1 Å². The Morgan fingerprint density at radius 3 is 2.55 bits per heavy atom. The number of hydrogen-bond acceptors (Lipinski definition) is 5. The molecule has 0 spiro atoms. The highest BCUT2D eigenvalue weighted by molar-refractivity contribution is 7.15. The minimum atomic E-state index is -0.133. The van der Waals surface area contributed by atoms with Gasteiger partial charge in [-0.15, -0.1) is 11.3 Å². The van der Waals surface area contributed by atoms with Gasteiger partial charge in [0, 0.05) is 20.2 Å². The van der Waals surface area contributed by atoms with E-state index in [0.29, 0.717) is 36.3 Å². The molecule has 0 atom stereocenters. The second-order valence-corrected chi connectivity index (χ2v) is 8.49. The van der Waals surface area contributed by atoms with Gasteiger partial charge in [-0.05, 0) is 35.6 Å². The van der Waals surface area contributed by atoms with Crippen LogP contribution in [-0.2, 0) is 16.0 Å². The van der Waals surface area contributed by atoms with E-state index in [1.807, 2.05) is 34.5 Å². The maximum atomic E-state index is 12.9. The molecule has 172 valence electrons. The summed E-state index contributed by atoms with van der Waals surface area (Å²) in [4.78, 5) is 14.7. The first-order chi connectivity index (χ1) is 15.1. The number of unbranched alkanes of at least 4 members (excludes halogenated alkanes) is 4. The van der Waals surface area contributed by atoms with Crippen molar-refractivity contribution in [3.63, 3.8) is 0 Å². The molecule has 0 saturated carbocycles. The summed E-state index contributed by atoms with van der Waals surface area (Å²) < 4.78 is 15.8. The largest absolute Gasteiger partial charge is 0.468 e. The summed E-state index contributed by atoms with van der Waals surface area (Å²) in [6.07, 6.45) is 5.72. The molecule has 2 aromatic rings. The van der Waals surface area contributed by atoms with Crippen molar-refractivity contribution in [2.45, 2.75) is 45.6 Å². The Hall–Kier alpha value is -1.80. The molecule has 0 radical (unpaired) electrons. The molecule has 0 aliphatic carbocycles. The zero-order chi connectivity index (χ0) is 22.3. The first kappa shape index (κ1) is 25.5. The van der Waals surface area contributed by atoms with Crippen molar-refractivity contribution < 1.29 is 19.0 Å². The number of carbonyl (C=O) groups is 1. The molecule has 1 aromatic carbocycles. The Balaban J connectivity index is 1.90. The van der Waals surface area contributed by atoms with Crippen LogP contribution in [0, 0.1) is 0 Å². The number of nitrogens with zero attached hydrogens (tertiary/aromatic N) is 1. The van der Waals surface area contributed by atoms with Gasteiger partial charge in [0.25, 0.3) is 0 Å². The van der Waals surface area contributed by atoms with Crippen LogP contribution in [0.15, 0.2) is 35.7 Å². The van der Waals surface area contributed by atoms with Crippen LogP contribution in [0.1, 0.15) is 44.6 Å². The molecule has 2 rings (SSSR count). The average molecular weight is 469 g/mol. The number of rotatable bonds is 15. The van der Waals surface area contributed by atoms with E-state index in [4.69, 9.17) is 25.8 Å². The van der Waals surface area contributed by atoms with Gasteiger partial charge in [0.15, 0.2) is 6.79 Å². The van der Waals surface area contributed by atoms with Gasteiger partial charge in [-0.1, -0.05) is 56.3 Å². The normalized spacial score (nSPS) is 10.8. The van der Waals surface area contributed by atoms with Crippen molar-refractivity contribution in [2.75, 3.05) is 39.0 Å². The summed E-state index contributed by atoms with van der Waals surface area (Å²) in [5.41, 5.74) is 1.04. The van der Waals surface area contributed by atoms with Crippen LogP contribution >= 0.6 is 22.9 Å². The average Bonchev–Trinajstić information content (AvgIpc) is 3.18. The fraction of sp³-hybridized carbons (Fsp3) is 0.522. The van der Waals surface area contributed by atoms with Crippen molar-refractivity contribution in [3.8, 4) is 5.75 Å². The van der Waals surface area contributed by atoms with E-state index in [1.165, 1.54) is 30.6 Å². The zero-order valence-corrected chi connectivity index (χ0v) is 20.0.